The molecular weight excluding hydrogens is 310 g/mol. The summed E-state index contributed by atoms with van der Waals surface area (Å²) < 4.78 is 32.4. The standard InChI is InChI=1S/C15H16ClNO3S/c1-11(12-4-3-5-14(10-12)20-2)17-21(18,19)15-8-6-13(16)7-9-15/h3-11,17H,1-2H3. The number of methoxy groups -OCH3 is 1. The minimum absolute atomic E-state index is 0.182. The Morgan fingerprint density at radius 3 is 2.43 bits per heavy atom. The van der Waals surface area contributed by atoms with Gasteiger partial charge in [0, 0.05) is 11.1 Å². The molecule has 1 atom stereocenters. The van der Waals surface area contributed by atoms with Crippen LogP contribution in [0.5, 0.6) is 5.75 Å². The third kappa shape index (κ3) is 3.97. The Bertz CT molecular complexity index is 714. The van der Waals surface area contributed by atoms with Gasteiger partial charge in [0.25, 0.3) is 0 Å². The lowest BCUT2D eigenvalue weighted by atomic mass is 10.1. The van der Waals surface area contributed by atoms with Crippen LogP contribution in [0.25, 0.3) is 0 Å². The molecule has 0 radical (unpaired) electrons. The largest absolute Gasteiger partial charge is 0.497 e. The Labute approximate surface area is 129 Å². The molecule has 6 heteroatoms. The summed E-state index contributed by atoms with van der Waals surface area (Å²) >= 11 is 5.77. The predicted molar refractivity (Wildman–Crippen MR) is 83.2 cm³/mol. The summed E-state index contributed by atoms with van der Waals surface area (Å²) in [6.45, 7) is 1.78. The summed E-state index contributed by atoms with van der Waals surface area (Å²) in [6, 6.07) is 12.9. The lowest BCUT2D eigenvalue weighted by molar-refractivity contribution is 0.413. The van der Waals surface area contributed by atoms with Crippen molar-refractivity contribution in [3.05, 3.63) is 59.1 Å². The Morgan fingerprint density at radius 1 is 1.14 bits per heavy atom. The van der Waals surface area contributed by atoms with E-state index in [2.05, 4.69) is 4.72 Å². The van der Waals surface area contributed by atoms with E-state index in [-0.39, 0.29) is 10.9 Å². The van der Waals surface area contributed by atoms with Crippen LogP contribution in [-0.4, -0.2) is 15.5 Å². The zero-order valence-corrected chi connectivity index (χ0v) is 13.3. The van der Waals surface area contributed by atoms with Gasteiger partial charge >= 0.3 is 0 Å². The monoisotopic (exact) mass is 325 g/mol. The van der Waals surface area contributed by atoms with Gasteiger partial charge in [0.05, 0.1) is 12.0 Å². The SMILES string of the molecule is COc1cccc(C(C)NS(=O)(=O)c2ccc(Cl)cc2)c1. The second-order valence-electron chi connectivity index (χ2n) is 4.57. The molecule has 1 N–H and O–H groups in total. The fourth-order valence-electron chi connectivity index (χ4n) is 1.89. The normalized spacial score (nSPS) is 12.9. The van der Waals surface area contributed by atoms with E-state index in [1.165, 1.54) is 12.1 Å². The topological polar surface area (TPSA) is 55.4 Å². The van der Waals surface area contributed by atoms with Gasteiger partial charge in [0.15, 0.2) is 0 Å². The van der Waals surface area contributed by atoms with Crippen LogP contribution in [0.4, 0.5) is 0 Å². The molecule has 1 unspecified atom stereocenters. The van der Waals surface area contributed by atoms with Crippen molar-refractivity contribution in [2.45, 2.75) is 17.9 Å². The number of nitrogens with one attached hydrogen (secondary N) is 1. The molecule has 0 spiro atoms. The number of halogens is 1. The second-order valence-corrected chi connectivity index (χ2v) is 6.72. The molecule has 0 saturated carbocycles. The van der Waals surface area contributed by atoms with Gasteiger partial charge in [-0.15, -0.1) is 0 Å². The minimum Gasteiger partial charge on any atom is -0.497 e. The summed E-state index contributed by atoms with van der Waals surface area (Å²) in [6.07, 6.45) is 0. The maximum absolute atomic E-state index is 12.3. The second kappa shape index (κ2) is 6.47. The van der Waals surface area contributed by atoms with Crippen LogP contribution in [0.1, 0.15) is 18.5 Å². The number of hydrogen-bond acceptors (Lipinski definition) is 3. The molecule has 4 nitrogen and oxygen atoms in total. The number of hydrogen-bond donors (Lipinski definition) is 1. The van der Waals surface area contributed by atoms with E-state index in [4.69, 9.17) is 16.3 Å². The highest BCUT2D eigenvalue weighted by atomic mass is 35.5. The number of sulfonamides is 1. The molecule has 2 rings (SSSR count). The summed E-state index contributed by atoms with van der Waals surface area (Å²) in [5.74, 6) is 0.685. The first-order valence-electron chi connectivity index (χ1n) is 6.34. The highest BCUT2D eigenvalue weighted by Crippen LogP contribution is 2.21. The lowest BCUT2D eigenvalue weighted by Gasteiger charge is -2.15. The van der Waals surface area contributed by atoms with Crippen LogP contribution >= 0.6 is 11.6 Å². The van der Waals surface area contributed by atoms with E-state index in [0.29, 0.717) is 10.8 Å². The zero-order valence-electron chi connectivity index (χ0n) is 11.7. The van der Waals surface area contributed by atoms with Gasteiger partial charge in [0.2, 0.25) is 10.0 Å². The highest BCUT2D eigenvalue weighted by Gasteiger charge is 2.18. The van der Waals surface area contributed by atoms with Gasteiger partial charge in [-0.25, -0.2) is 13.1 Å². The maximum Gasteiger partial charge on any atom is 0.241 e. The van der Waals surface area contributed by atoms with Crippen molar-refractivity contribution >= 4 is 21.6 Å². The Kier molecular flexibility index (Phi) is 4.88. The highest BCUT2D eigenvalue weighted by molar-refractivity contribution is 7.89. The number of ether oxygens (including phenoxy) is 1. The summed E-state index contributed by atoms with van der Waals surface area (Å²) in [5, 5.41) is 0.495. The average molecular weight is 326 g/mol. The van der Waals surface area contributed by atoms with Crippen molar-refractivity contribution in [3.63, 3.8) is 0 Å². The Balaban J connectivity index is 2.21. The first kappa shape index (κ1) is 15.8. The van der Waals surface area contributed by atoms with E-state index < -0.39 is 10.0 Å². The number of benzene rings is 2. The van der Waals surface area contributed by atoms with Crippen molar-refractivity contribution < 1.29 is 13.2 Å². The van der Waals surface area contributed by atoms with Crippen molar-refractivity contribution in [3.8, 4) is 5.75 Å². The molecule has 0 bridgehead atoms. The van der Waals surface area contributed by atoms with Crippen LogP contribution in [0.3, 0.4) is 0 Å². The molecule has 0 aromatic heterocycles. The van der Waals surface area contributed by atoms with Crippen LogP contribution in [0, 0.1) is 0 Å². The quantitative estimate of drug-likeness (QED) is 0.916. The molecule has 0 heterocycles. The van der Waals surface area contributed by atoms with Gasteiger partial charge < -0.3 is 4.74 Å². The Morgan fingerprint density at radius 2 is 1.81 bits per heavy atom. The minimum atomic E-state index is -3.59. The molecule has 2 aromatic rings. The predicted octanol–water partition coefficient (Wildman–Crippen LogP) is 3.39. The fourth-order valence-corrected chi connectivity index (χ4v) is 3.25. The molecular formula is C15H16ClNO3S. The molecule has 0 aliphatic carbocycles. The van der Waals surface area contributed by atoms with Crippen molar-refractivity contribution in [1.82, 2.24) is 4.72 Å². The summed E-state index contributed by atoms with van der Waals surface area (Å²) in [5.41, 5.74) is 0.826. The van der Waals surface area contributed by atoms with Gasteiger partial charge in [-0.2, -0.15) is 0 Å². The molecule has 0 amide bonds. The van der Waals surface area contributed by atoms with E-state index in [9.17, 15) is 8.42 Å². The van der Waals surface area contributed by atoms with Crippen LogP contribution in [0.2, 0.25) is 5.02 Å². The molecule has 2 aromatic carbocycles. The van der Waals surface area contributed by atoms with Crippen molar-refractivity contribution in [1.29, 1.82) is 0 Å². The van der Waals surface area contributed by atoms with Crippen LogP contribution in [-0.2, 0) is 10.0 Å². The zero-order chi connectivity index (χ0) is 15.5. The van der Waals surface area contributed by atoms with Gasteiger partial charge in [-0.3, -0.25) is 0 Å². The van der Waals surface area contributed by atoms with Gasteiger partial charge in [-0.05, 0) is 48.9 Å². The smallest absolute Gasteiger partial charge is 0.241 e. The van der Waals surface area contributed by atoms with E-state index in [0.717, 1.165) is 5.56 Å². The summed E-state index contributed by atoms with van der Waals surface area (Å²) in [4.78, 5) is 0.182. The molecule has 0 aliphatic heterocycles. The lowest BCUT2D eigenvalue weighted by Crippen LogP contribution is -2.26. The van der Waals surface area contributed by atoms with Crippen molar-refractivity contribution in [2.75, 3.05) is 7.11 Å². The van der Waals surface area contributed by atoms with Crippen molar-refractivity contribution in [2.24, 2.45) is 0 Å². The van der Waals surface area contributed by atoms with E-state index in [1.807, 2.05) is 18.2 Å². The fraction of sp³-hybridized carbons (Fsp3) is 0.200. The van der Waals surface area contributed by atoms with E-state index >= 15 is 0 Å². The van der Waals surface area contributed by atoms with Gasteiger partial charge in [-0.1, -0.05) is 23.7 Å². The van der Waals surface area contributed by atoms with E-state index in [1.54, 1.807) is 32.2 Å². The Hall–Kier alpha value is -1.56. The molecule has 0 saturated heterocycles. The van der Waals surface area contributed by atoms with Crippen LogP contribution < -0.4 is 9.46 Å². The third-order valence-electron chi connectivity index (χ3n) is 3.05. The first-order valence-corrected chi connectivity index (χ1v) is 8.20. The molecule has 0 fully saturated rings. The summed E-state index contributed by atoms with van der Waals surface area (Å²) in [7, 11) is -2.02. The maximum atomic E-state index is 12.3. The third-order valence-corrected chi connectivity index (χ3v) is 4.86. The number of rotatable bonds is 5. The molecule has 112 valence electrons. The van der Waals surface area contributed by atoms with Gasteiger partial charge in [0.1, 0.15) is 5.75 Å². The molecule has 0 aliphatic rings. The average Bonchev–Trinajstić information content (AvgIpc) is 2.47. The van der Waals surface area contributed by atoms with Crippen LogP contribution in [0.15, 0.2) is 53.4 Å². The first-order chi connectivity index (χ1) is 9.92. The molecule has 21 heavy (non-hydrogen) atoms.